The summed E-state index contributed by atoms with van der Waals surface area (Å²) in [7, 11) is 0. The largest absolute Gasteiger partial charge is 0.378 e. The first-order valence-corrected chi connectivity index (χ1v) is 11.9. The molecular weight excluding hydrogens is 412 g/mol. The summed E-state index contributed by atoms with van der Waals surface area (Å²) < 4.78 is 5.29. The van der Waals surface area contributed by atoms with Gasteiger partial charge in [-0.2, -0.15) is 0 Å². The van der Waals surface area contributed by atoms with Crippen LogP contribution in [-0.2, 0) is 22.4 Å². The Morgan fingerprint density at radius 2 is 1.87 bits per heavy atom. The van der Waals surface area contributed by atoms with Crippen LogP contribution in [0.2, 0.25) is 0 Å². The lowest BCUT2D eigenvalue weighted by molar-refractivity contribution is -0.117. The zero-order valence-electron chi connectivity index (χ0n) is 17.9. The summed E-state index contributed by atoms with van der Waals surface area (Å²) in [5.74, 6) is 0.158. The maximum absolute atomic E-state index is 13.0. The fraction of sp³-hybridized carbons (Fsp3) is 0.500. The summed E-state index contributed by atoms with van der Waals surface area (Å²) in [4.78, 5) is 44.5. The Labute approximate surface area is 186 Å². The molecule has 1 saturated heterocycles. The van der Waals surface area contributed by atoms with Gasteiger partial charge in [0.15, 0.2) is 5.78 Å². The Kier molecular flexibility index (Phi) is 6.92. The van der Waals surface area contributed by atoms with Gasteiger partial charge < -0.3 is 9.64 Å². The number of benzene rings is 1. The second-order valence-electron chi connectivity index (χ2n) is 8.43. The van der Waals surface area contributed by atoms with Crippen molar-refractivity contribution >= 4 is 28.8 Å². The van der Waals surface area contributed by atoms with Crippen molar-refractivity contribution in [3.05, 3.63) is 51.0 Å². The number of rotatable bonds is 7. The number of nitrogens with zero attached hydrogens (tertiary/aromatic N) is 2. The number of hydrogen-bond donors (Lipinski definition) is 0. The zero-order valence-corrected chi connectivity index (χ0v) is 18.7. The molecule has 164 valence electrons. The Morgan fingerprint density at radius 1 is 1.13 bits per heavy atom. The van der Waals surface area contributed by atoms with Crippen molar-refractivity contribution < 1.29 is 19.1 Å². The summed E-state index contributed by atoms with van der Waals surface area (Å²) in [5.41, 5.74) is 2.92. The molecule has 0 unspecified atom stereocenters. The van der Waals surface area contributed by atoms with Crippen molar-refractivity contribution in [2.45, 2.75) is 45.4 Å². The Hall–Kier alpha value is -2.38. The van der Waals surface area contributed by atoms with Crippen LogP contribution in [0.5, 0.6) is 0 Å². The molecule has 2 heterocycles. The van der Waals surface area contributed by atoms with Crippen molar-refractivity contribution in [1.29, 1.82) is 0 Å². The van der Waals surface area contributed by atoms with Gasteiger partial charge in [0.2, 0.25) is 0 Å². The van der Waals surface area contributed by atoms with Gasteiger partial charge in [0.25, 0.3) is 5.91 Å². The summed E-state index contributed by atoms with van der Waals surface area (Å²) in [6.45, 7) is 4.19. The monoisotopic (exact) mass is 440 g/mol. The van der Waals surface area contributed by atoms with E-state index in [1.807, 2.05) is 25.1 Å². The van der Waals surface area contributed by atoms with E-state index >= 15 is 0 Å². The lowest BCUT2D eigenvalue weighted by atomic mass is 9.90. The molecule has 6 nitrogen and oxygen atoms in total. The number of aromatic nitrogens is 1. The number of amides is 1. The van der Waals surface area contributed by atoms with E-state index in [9.17, 15) is 14.4 Å². The SMILES string of the molecule is Cc1ccc(CC(=O)Cc2nc(C(=O)N3CCOCC3)cs2)c(C(=O)C2CCCC2)c1. The van der Waals surface area contributed by atoms with Crippen LogP contribution in [0.1, 0.15) is 62.7 Å². The molecule has 0 bridgehead atoms. The molecule has 31 heavy (non-hydrogen) atoms. The van der Waals surface area contributed by atoms with Crippen LogP contribution >= 0.6 is 11.3 Å². The summed E-state index contributed by atoms with van der Waals surface area (Å²) >= 11 is 1.34. The van der Waals surface area contributed by atoms with E-state index in [0.717, 1.165) is 36.8 Å². The number of hydrogen-bond acceptors (Lipinski definition) is 6. The molecule has 1 aromatic carbocycles. The Morgan fingerprint density at radius 3 is 2.61 bits per heavy atom. The van der Waals surface area contributed by atoms with Gasteiger partial charge >= 0.3 is 0 Å². The maximum Gasteiger partial charge on any atom is 0.273 e. The number of aryl methyl sites for hydroxylation is 1. The van der Waals surface area contributed by atoms with Crippen LogP contribution in [0.3, 0.4) is 0 Å². The molecule has 2 aromatic rings. The molecular formula is C24H28N2O4S. The fourth-order valence-corrected chi connectivity index (χ4v) is 5.14. The molecule has 1 aliphatic carbocycles. The van der Waals surface area contributed by atoms with E-state index in [1.54, 1.807) is 10.3 Å². The highest BCUT2D eigenvalue weighted by Gasteiger charge is 2.26. The first kappa shape index (κ1) is 21.8. The maximum atomic E-state index is 13.0. The van der Waals surface area contributed by atoms with E-state index in [0.29, 0.717) is 42.6 Å². The van der Waals surface area contributed by atoms with Crippen molar-refractivity contribution in [2.24, 2.45) is 5.92 Å². The minimum atomic E-state index is -0.110. The molecule has 2 aliphatic rings. The third-order valence-electron chi connectivity index (χ3n) is 6.06. The normalized spacial score (nSPS) is 17.1. The number of thiazole rings is 1. The van der Waals surface area contributed by atoms with Gasteiger partial charge in [-0.3, -0.25) is 14.4 Å². The second kappa shape index (κ2) is 9.83. The smallest absolute Gasteiger partial charge is 0.273 e. The average molecular weight is 441 g/mol. The van der Waals surface area contributed by atoms with Crippen LogP contribution in [0, 0.1) is 12.8 Å². The highest BCUT2D eigenvalue weighted by Crippen LogP contribution is 2.29. The quantitative estimate of drug-likeness (QED) is 0.614. The van der Waals surface area contributed by atoms with Crippen LogP contribution in [0.4, 0.5) is 0 Å². The Balaban J connectivity index is 1.42. The van der Waals surface area contributed by atoms with Gasteiger partial charge in [-0.15, -0.1) is 11.3 Å². The third-order valence-corrected chi connectivity index (χ3v) is 6.91. The number of Topliss-reactive ketones (excluding diaryl/α,β-unsaturated/α-hetero) is 2. The zero-order chi connectivity index (χ0) is 21.8. The predicted octanol–water partition coefficient (Wildman–Crippen LogP) is 3.65. The molecule has 0 spiro atoms. The topological polar surface area (TPSA) is 76.6 Å². The average Bonchev–Trinajstić information content (AvgIpc) is 3.47. The second-order valence-corrected chi connectivity index (χ2v) is 9.37. The van der Waals surface area contributed by atoms with E-state index in [-0.39, 0.29) is 36.2 Å². The van der Waals surface area contributed by atoms with Crippen LogP contribution in [0.15, 0.2) is 23.6 Å². The van der Waals surface area contributed by atoms with Crippen molar-refractivity contribution in [3.63, 3.8) is 0 Å². The van der Waals surface area contributed by atoms with Gasteiger partial charge in [0.1, 0.15) is 16.5 Å². The minimum Gasteiger partial charge on any atom is -0.378 e. The molecule has 1 aromatic heterocycles. The molecule has 0 radical (unpaired) electrons. The van der Waals surface area contributed by atoms with Crippen LogP contribution < -0.4 is 0 Å². The first-order valence-electron chi connectivity index (χ1n) is 11.0. The van der Waals surface area contributed by atoms with Gasteiger partial charge in [0, 0.05) is 36.4 Å². The summed E-state index contributed by atoms with van der Waals surface area (Å²) in [5, 5.41) is 2.36. The molecule has 1 saturated carbocycles. The van der Waals surface area contributed by atoms with Crippen LogP contribution in [-0.4, -0.2) is 53.7 Å². The summed E-state index contributed by atoms with van der Waals surface area (Å²) in [6.07, 6.45) is 4.48. The minimum absolute atomic E-state index is 0.00375. The van der Waals surface area contributed by atoms with E-state index < -0.39 is 0 Å². The van der Waals surface area contributed by atoms with Crippen LogP contribution in [0.25, 0.3) is 0 Å². The standard InChI is InChI=1S/C24H28N2O4S/c1-16-6-7-18(20(12-16)23(28)17-4-2-3-5-17)13-19(27)14-22-25-21(15-31-22)24(29)26-8-10-30-11-9-26/h6-7,12,15,17H,2-5,8-11,13-14H2,1H3. The molecule has 1 amide bonds. The van der Waals surface area contributed by atoms with Crippen molar-refractivity contribution in [1.82, 2.24) is 9.88 Å². The third kappa shape index (κ3) is 5.28. The number of ether oxygens (including phenoxy) is 1. The van der Waals surface area contributed by atoms with Gasteiger partial charge in [0.05, 0.1) is 19.6 Å². The number of ketones is 2. The van der Waals surface area contributed by atoms with Crippen molar-refractivity contribution in [3.8, 4) is 0 Å². The number of morpholine rings is 1. The number of carbonyl (C=O) groups excluding carboxylic acids is 3. The fourth-order valence-electron chi connectivity index (χ4n) is 4.34. The van der Waals surface area contributed by atoms with Gasteiger partial charge in [-0.1, -0.05) is 30.5 Å². The van der Waals surface area contributed by atoms with Crippen molar-refractivity contribution in [2.75, 3.05) is 26.3 Å². The molecule has 0 N–H and O–H groups in total. The van der Waals surface area contributed by atoms with E-state index in [1.165, 1.54) is 11.3 Å². The first-order chi connectivity index (χ1) is 15.0. The number of carbonyl (C=O) groups is 3. The Bertz CT molecular complexity index is 972. The van der Waals surface area contributed by atoms with Gasteiger partial charge in [-0.05, 0) is 31.4 Å². The summed E-state index contributed by atoms with van der Waals surface area (Å²) in [6, 6.07) is 5.78. The molecule has 4 rings (SSSR count). The van der Waals surface area contributed by atoms with Gasteiger partial charge in [-0.25, -0.2) is 4.98 Å². The lowest BCUT2D eigenvalue weighted by Crippen LogP contribution is -2.40. The molecule has 7 heteroatoms. The molecule has 2 fully saturated rings. The highest BCUT2D eigenvalue weighted by molar-refractivity contribution is 7.09. The predicted molar refractivity (Wildman–Crippen MR) is 119 cm³/mol. The van der Waals surface area contributed by atoms with E-state index in [4.69, 9.17) is 4.74 Å². The highest BCUT2D eigenvalue weighted by atomic mass is 32.1. The van der Waals surface area contributed by atoms with E-state index in [2.05, 4.69) is 4.98 Å². The molecule has 1 aliphatic heterocycles. The molecule has 0 atom stereocenters. The lowest BCUT2D eigenvalue weighted by Gasteiger charge is -2.25.